The Bertz CT molecular complexity index is 249. The first-order valence-electron chi connectivity index (χ1n) is 5.52. The second-order valence-electron chi connectivity index (χ2n) is 4.16. The summed E-state index contributed by atoms with van der Waals surface area (Å²) in [5, 5.41) is 0. The molecule has 0 heterocycles. The van der Waals surface area contributed by atoms with Crippen LogP contribution in [0.1, 0.15) is 46.5 Å². The summed E-state index contributed by atoms with van der Waals surface area (Å²) >= 11 is 0. The summed E-state index contributed by atoms with van der Waals surface area (Å²) in [6.07, 6.45) is 6.41. The fourth-order valence-corrected chi connectivity index (χ4v) is 2.09. The summed E-state index contributed by atoms with van der Waals surface area (Å²) in [6, 6.07) is 0.216. The number of nitrogens with zero attached hydrogens (tertiary/aromatic N) is 2. The first kappa shape index (κ1) is 14.7. The Morgan fingerprint density at radius 1 is 1.12 bits per heavy atom. The highest BCUT2D eigenvalue weighted by atomic mass is 15.1. The molecule has 0 aliphatic heterocycles. The van der Waals surface area contributed by atoms with Crippen molar-refractivity contribution in [2.45, 2.75) is 52.5 Å². The molecule has 0 amide bonds. The maximum absolute atomic E-state index is 5.58. The molecule has 0 aromatic rings. The Balaban J connectivity index is 0.00000225. The van der Waals surface area contributed by atoms with E-state index in [2.05, 4.69) is 16.9 Å². The lowest BCUT2D eigenvalue weighted by Gasteiger charge is -2.24. The van der Waals surface area contributed by atoms with Gasteiger partial charge in [-0.05, 0) is 25.7 Å². The summed E-state index contributed by atoms with van der Waals surface area (Å²) in [4.78, 5) is 8.00. The number of rotatable bonds is 2. The SMILES string of the molecule is C.CC(N=C(N)N=C(N)N)C1CCCCC1. The Hall–Kier alpha value is -1.26. The molecule has 1 aliphatic carbocycles. The van der Waals surface area contributed by atoms with E-state index in [0.717, 1.165) is 0 Å². The summed E-state index contributed by atoms with van der Waals surface area (Å²) in [7, 11) is 0. The molecule has 1 fully saturated rings. The van der Waals surface area contributed by atoms with Gasteiger partial charge in [-0.2, -0.15) is 4.99 Å². The molecule has 0 aromatic heterocycles. The Morgan fingerprint density at radius 3 is 2.19 bits per heavy atom. The van der Waals surface area contributed by atoms with Crippen LogP contribution in [0.2, 0.25) is 0 Å². The molecule has 5 nitrogen and oxygen atoms in total. The van der Waals surface area contributed by atoms with Crippen LogP contribution >= 0.6 is 0 Å². The number of hydrogen-bond donors (Lipinski definition) is 3. The zero-order valence-corrected chi connectivity index (χ0v) is 9.32. The van der Waals surface area contributed by atoms with Crippen molar-refractivity contribution in [3.8, 4) is 0 Å². The molecule has 1 atom stereocenters. The smallest absolute Gasteiger partial charge is 0.218 e. The Morgan fingerprint density at radius 2 is 1.69 bits per heavy atom. The molecule has 5 heteroatoms. The topological polar surface area (TPSA) is 103 Å². The molecule has 6 N–H and O–H groups in total. The normalized spacial score (nSPS) is 19.7. The molecular weight excluding hydrogens is 202 g/mol. The summed E-state index contributed by atoms with van der Waals surface area (Å²) in [5.74, 6) is 0.784. The second kappa shape index (κ2) is 7.09. The maximum atomic E-state index is 5.58. The van der Waals surface area contributed by atoms with E-state index >= 15 is 0 Å². The molecule has 1 unspecified atom stereocenters. The van der Waals surface area contributed by atoms with Crippen LogP contribution in [0.3, 0.4) is 0 Å². The van der Waals surface area contributed by atoms with Crippen molar-refractivity contribution in [3.05, 3.63) is 0 Å². The standard InChI is InChI=1S/C10H21N5.CH4/c1-7(8-5-3-2-4-6-8)14-10(13)15-9(11)12;/h7-8H,2-6H2,1H3,(H6,11,12,13,14,15);1H4. The van der Waals surface area contributed by atoms with Crippen LogP contribution in [0.4, 0.5) is 0 Å². The third kappa shape index (κ3) is 5.00. The lowest BCUT2D eigenvalue weighted by molar-refractivity contribution is 0.317. The van der Waals surface area contributed by atoms with Gasteiger partial charge < -0.3 is 17.2 Å². The highest BCUT2D eigenvalue weighted by molar-refractivity contribution is 5.92. The molecule has 1 saturated carbocycles. The zero-order chi connectivity index (χ0) is 11.3. The van der Waals surface area contributed by atoms with Gasteiger partial charge in [-0.15, -0.1) is 0 Å². The summed E-state index contributed by atoms with van der Waals surface area (Å²) in [6.45, 7) is 2.07. The largest absolute Gasteiger partial charge is 0.370 e. The van der Waals surface area contributed by atoms with Gasteiger partial charge in [0.25, 0.3) is 0 Å². The minimum Gasteiger partial charge on any atom is -0.370 e. The van der Waals surface area contributed by atoms with E-state index in [1.165, 1.54) is 32.1 Å². The van der Waals surface area contributed by atoms with Gasteiger partial charge in [0.2, 0.25) is 5.96 Å². The first-order chi connectivity index (χ1) is 7.09. The Kier molecular flexibility index (Phi) is 6.53. The van der Waals surface area contributed by atoms with E-state index in [1.807, 2.05) is 0 Å². The van der Waals surface area contributed by atoms with Gasteiger partial charge in [-0.3, -0.25) is 0 Å². The zero-order valence-electron chi connectivity index (χ0n) is 9.32. The van der Waals surface area contributed by atoms with Crippen molar-refractivity contribution in [1.82, 2.24) is 0 Å². The third-order valence-corrected chi connectivity index (χ3v) is 2.91. The molecule has 0 radical (unpaired) electrons. The van der Waals surface area contributed by atoms with Crippen molar-refractivity contribution in [2.24, 2.45) is 33.1 Å². The lowest BCUT2D eigenvalue weighted by atomic mass is 9.85. The second-order valence-corrected chi connectivity index (χ2v) is 4.16. The average Bonchev–Trinajstić information content (AvgIpc) is 2.17. The molecule has 0 bridgehead atoms. The van der Waals surface area contributed by atoms with Gasteiger partial charge >= 0.3 is 0 Å². The van der Waals surface area contributed by atoms with E-state index in [4.69, 9.17) is 17.2 Å². The van der Waals surface area contributed by atoms with Gasteiger partial charge in [-0.25, -0.2) is 4.99 Å². The molecular formula is C11H25N5. The maximum Gasteiger partial charge on any atom is 0.218 e. The molecule has 16 heavy (non-hydrogen) atoms. The quantitative estimate of drug-likeness (QED) is 0.487. The van der Waals surface area contributed by atoms with Crippen molar-refractivity contribution in [2.75, 3.05) is 0 Å². The molecule has 1 rings (SSSR count). The van der Waals surface area contributed by atoms with Crippen LogP contribution in [0.5, 0.6) is 0 Å². The van der Waals surface area contributed by atoms with E-state index in [0.29, 0.717) is 5.92 Å². The van der Waals surface area contributed by atoms with Crippen LogP contribution in [0.25, 0.3) is 0 Å². The van der Waals surface area contributed by atoms with Crippen molar-refractivity contribution >= 4 is 11.9 Å². The van der Waals surface area contributed by atoms with Gasteiger partial charge in [0, 0.05) is 0 Å². The predicted octanol–water partition coefficient (Wildman–Crippen LogP) is 1.18. The van der Waals surface area contributed by atoms with Crippen molar-refractivity contribution in [1.29, 1.82) is 0 Å². The summed E-state index contributed by atoms with van der Waals surface area (Å²) < 4.78 is 0. The fourth-order valence-electron chi connectivity index (χ4n) is 2.09. The number of hydrogen-bond acceptors (Lipinski definition) is 1. The molecule has 0 aromatic carbocycles. The molecule has 94 valence electrons. The van der Waals surface area contributed by atoms with Crippen LogP contribution in [-0.4, -0.2) is 18.0 Å². The first-order valence-corrected chi connectivity index (χ1v) is 5.52. The lowest BCUT2D eigenvalue weighted by Crippen LogP contribution is -2.28. The average molecular weight is 227 g/mol. The van der Waals surface area contributed by atoms with Gasteiger partial charge in [0.15, 0.2) is 5.96 Å². The third-order valence-electron chi connectivity index (χ3n) is 2.91. The minimum absolute atomic E-state index is 0. The van der Waals surface area contributed by atoms with Crippen LogP contribution in [0, 0.1) is 5.92 Å². The Labute approximate surface area is 98.2 Å². The van der Waals surface area contributed by atoms with E-state index < -0.39 is 0 Å². The van der Waals surface area contributed by atoms with Crippen LogP contribution in [0.15, 0.2) is 9.98 Å². The molecule has 0 saturated heterocycles. The van der Waals surface area contributed by atoms with Crippen LogP contribution in [-0.2, 0) is 0 Å². The van der Waals surface area contributed by atoms with E-state index in [-0.39, 0.29) is 25.4 Å². The molecule has 0 spiro atoms. The van der Waals surface area contributed by atoms with Gasteiger partial charge in [0.05, 0.1) is 6.04 Å². The van der Waals surface area contributed by atoms with E-state index in [1.54, 1.807) is 0 Å². The monoisotopic (exact) mass is 227 g/mol. The van der Waals surface area contributed by atoms with Crippen molar-refractivity contribution < 1.29 is 0 Å². The number of nitrogens with two attached hydrogens (primary N) is 3. The summed E-state index contributed by atoms with van der Waals surface area (Å²) in [5.41, 5.74) is 16.0. The van der Waals surface area contributed by atoms with E-state index in [9.17, 15) is 0 Å². The van der Waals surface area contributed by atoms with Gasteiger partial charge in [-0.1, -0.05) is 26.7 Å². The van der Waals surface area contributed by atoms with Crippen molar-refractivity contribution in [3.63, 3.8) is 0 Å². The fraction of sp³-hybridized carbons (Fsp3) is 0.818. The number of guanidine groups is 2. The molecule has 1 aliphatic rings. The minimum atomic E-state index is -0.0351. The predicted molar refractivity (Wildman–Crippen MR) is 70.2 cm³/mol. The number of aliphatic imine (C=N–C) groups is 2. The highest BCUT2D eigenvalue weighted by Gasteiger charge is 2.19. The highest BCUT2D eigenvalue weighted by Crippen LogP contribution is 2.27. The van der Waals surface area contributed by atoms with Gasteiger partial charge in [0.1, 0.15) is 0 Å². The van der Waals surface area contributed by atoms with Crippen LogP contribution < -0.4 is 17.2 Å².